The van der Waals surface area contributed by atoms with Gasteiger partial charge in [0.15, 0.2) is 6.29 Å². The minimum Gasteiger partial charge on any atom is -0.342 e. The molecule has 0 spiro atoms. The Balaban J connectivity index is 2.11. The third-order valence-electron chi connectivity index (χ3n) is 3.99. The predicted octanol–water partition coefficient (Wildman–Crippen LogP) is 3.97. The van der Waals surface area contributed by atoms with E-state index in [0.717, 1.165) is 34.7 Å². The van der Waals surface area contributed by atoms with Crippen LogP contribution in [0.15, 0.2) is 48.7 Å². The first kappa shape index (κ1) is 15.0. The third kappa shape index (κ3) is 2.73. The van der Waals surface area contributed by atoms with Gasteiger partial charge in [-0.1, -0.05) is 37.3 Å². The molecule has 5 nitrogen and oxygen atoms in total. The molecular weight excluding hydrogens is 292 g/mol. The van der Waals surface area contributed by atoms with Crippen LogP contribution < -0.4 is 0 Å². The number of rotatable bonds is 5. The Bertz CT molecular complexity index is 896. The van der Waals surface area contributed by atoms with Crippen LogP contribution in [0.5, 0.6) is 0 Å². The van der Waals surface area contributed by atoms with E-state index >= 15 is 0 Å². The quantitative estimate of drug-likeness (QED) is 0.407. The highest BCUT2D eigenvalue weighted by molar-refractivity contribution is 5.99. The minimum atomic E-state index is -0.397. The van der Waals surface area contributed by atoms with Gasteiger partial charge in [-0.2, -0.15) is 0 Å². The second-order valence-electron chi connectivity index (χ2n) is 5.42. The van der Waals surface area contributed by atoms with Gasteiger partial charge in [0.25, 0.3) is 5.69 Å². The fraction of sp³-hybridized carbons (Fsp3) is 0.167. The van der Waals surface area contributed by atoms with E-state index in [0.29, 0.717) is 12.1 Å². The van der Waals surface area contributed by atoms with E-state index in [9.17, 15) is 14.9 Å². The number of hydrogen-bond donors (Lipinski definition) is 0. The molecule has 0 bridgehead atoms. The summed E-state index contributed by atoms with van der Waals surface area (Å²) in [6.45, 7) is 2.56. The van der Waals surface area contributed by atoms with Crippen molar-refractivity contribution in [2.24, 2.45) is 0 Å². The summed E-state index contributed by atoms with van der Waals surface area (Å²) in [5.74, 6) is 0. The van der Waals surface area contributed by atoms with Crippen LogP contribution in [-0.2, 0) is 13.0 Å². The number of nitro groups is 1. The lowest BCUT2D eigenvalue weighted by atomic mass is 10.1. The van der Waals surface area contributed by atoms with E-state index < -0.39 is 4.92 Å². The summed E-state index contributed by atoms with van der Waals surface area (Å²) in [5.41, 5.74) is 3.72. The zero-order valence-corrected chi connectivity index (χ0v) is 12.7. The van der Waals surface area contributed by atoms with Crippen molar-refractivity contribution in [1.82, 2.24) is 4.57 Å². The number of nitro benzene ring substituents is 1. The highest BCUT2D eigenvalue weighted by Gasteiger charge is 2.12. The zero-order valence-electron chi connectivity index (χ0n) is 12.7. The normalized spacial score (nSPS) is 10.8. The second-order valence-corrected chi connectivity index (χ2v) is 5.42. The molecule has 0 fully saturated rings. The standard InChI is InChI=1S/C18H16N2O3/c1-2-14-6-4-8-17-15(12-21)11-19(18(14)17)10-13-5-3-7-16(9-13)20(22)23/h3-9,11-12H,2,10H2,1H3. The molecule has 1 heterocycles. The van der Waals surface area contributed by atoms with Gasteiger partial charge in [-0.05, 0) is 17.5 Å². The average Bonchev–Trinajstić information content (AvgIpc) is 2.93. The summed E-state index contributed by atoms with van der Waals surface area (Å²) in [4.78, 5) is 21.9. The molecule has 1 aromatic heterocycles. The summed E-state index contributed by atoms with van der Waals surface area (Å²) < 4.78 is 2.00. The zero-order chi connectivity index (χ0) is 16.4. The summed E-state index contributed by atoms with van der Waals surface area (Å²) in [6, 6.07) is 12.5. The van der Waals surface area contributed by atoms with Crippen molar-refractivity contribution in [1.29, 1.82) is 0 Å². The molecule has 116 valence electrons. The van der Waals surface area contributed by atoms with E-state index in [4.69, 9.17) is 0 Å². The molecule has 0 unspecified atom stereocenters. The first-order valence-corrected chi connectivity index (χ1v) is 7.43. The molecule has 5 heteroatoms. The van der Waals surface area contributed by atoms with Crippen LogP contribution in [0.4, 0.5) is 5.69 Å². The van der Waals surface area contributed by atoms with E-state index in [1.807, 2.05) is 35.0 Å². The molecule has 0 radical (unpaired) electrons. The predicted molar refractivity (Wildman–Crippen MR) is 88.9 cm³/mol. The van der Waals surface area contributed by atoms with Gasteiger partial charge >= 0.3 is 0 Å². The number of para-hydroxylation sites is 1. The Morgan fingerprint density at radius 1 is 1.22 bits per heavy atom. The Morgan fingerprint density at radius 2 is 2.00 bits per heavy atom. The lowest BCUT2D eigenvalue weighted by molar-refractivity contribution is -0.384. The number of carbonyl (C=O) groups excluding carboxylic acids is 1. The van der Waals surface area contributed by atoms with Crippen molar-refractivity contribution in [2.75, 3.05) is 0 Å². The number of nitrogens with zero attached hydrogens (tertiary/aromatic N) is 2. The van der Waals surface area contributed by atoms with Crippen LogP contribution in [-0.4, -0.2) is 15.8 Å². The van der Waals surface area contributed by atoms with Crippen LogP contribution in [0.3, 0.4) is 0 Å². The lowest BCUT2D eigenvalue weighted by Gasteiger charge is -2.09. The maximum atomic E-state index is 11.3. The number of benzene rings is 2. The van der Waals surface area contributed by atoms with Crippen molar-refractivity contribution >= 4 is 22.9 Å². The van der Waals surface area contributed by atoms with Crippen LogP contribution in [0.2, 0.25) is 0 Å². The fourth-order valence-electron chi connectivity index (χ4n) is 2.93. The molecule has 0 N–H and O–H groups in total. The van der Waals surface area contributed by atoms with Gasteiger partial charge in [0.2, 0.25) is 0 Å². The number of aromatic nitrogens is 1. The second kappa shape index (κ2) is 6.04. The minimum absolute atomic E-state index is 0.0743. The van der Waals surface area contributed by atoms with Crippen molar-refractivity contribution in [3.05, 3.63) is 75.5 Å². The van der Waals surface area contributed by atoms with Crippen LogP contribution in [0.1, 0.15) is 28.4 Å². The van der Waals surface area contributed by atoms with Crippen LogP contribution in [0, 0.1) is 10.1 Å². The summed E-state index contributed by atoms with van der Waals surface area (Å²) in [7, 11) is 0. The highest BCUT2D eigenvalue weighted by atomic mass is 16.6. The molecule has 0 aliphatic heterocycles. The Labute approximate surface area is 133 Å². The maximum Gasteiger partial charge on any atom is 0.269 e. The lowest BCUT2D eigenvalue weighted by Crippen LogP contribution is -2.00. The van der Waals surface area contributed by atoms with E-state index in [1.54, 1.807) is 12.1 Å². The largest absolute Gasteiger partial charge is 0.342 e. The van der Waals surface area contributed by atoms with Gasteiger partial charge in [0.05, 0.1) is 10.4 Å². The Kier molecular flexibility index (Phi) is 3.93. The molecule has 0 aliphatic carbocycles. The Hall–Kier alpha value is -2.95. The topological polar surface area (TPSA) is 65.1 Å². The maximum absolute atomic E-state index is 11.3. The van der Waals surface area contributed by atoms with Gasteiger partial charge in [-0.15, -0.1) is 0 Å². The molecule has 0 amide bonds. The smallest absolute Gasteiger partial charge is 0.269 e. The molecule has 0 atom stereocenters. The molecular formula is C18H16N2O3. The molecule has 3 rings (SSSR count). The monoisotopic (exact) mass is 308 g/mol. The first-order valence-electron chi connectivity index (χ1n) is 7.43. The van der Waals surface area contributed by atoms with E-state index in [1.165, 1.54) is 6.07 Å². The SMILES string of the molecule is CCc1cccc2c(C=O)cn(Cc3cccc([N+](=O)[O-])c3)c12. The number of hydrogen-bond acceptors (Lipinski definition) is 3. The van der Waals surface area contributed by atoms with Crippen LogP contribution in [0.25, 0.3) is 10.9 Å². The van der Waals surface area contributed by atoms with E-state index in [2.05, 4.69) is 6.92 Å². The third-order valence-corrected chi connectivity index (χ3v) is 3.99. The van der Waals surface area contributed by atoms with Gasteiger partial charge in [0.1, 0.15) is 0 Å². The summed E-state index contributed by atoms with van der Waals surface area (Å²) in [5, 5.41) is 11.8. The summed E-state index contributed by atoms with van der Waals surface area (Å²) >= 11 is 0. The van der Waals surface area contributed by atoms with Gasteiger partial charge in [-0.3, -0.25) is 14.9 Å². The first-order chi connectivity index (χ1) is 11.1. The number of aldehydes is 1. The van der Waals surface area contributed by atoms with Crippen molar-refractivity contribution in [2.45, 2.75) is 19.9 Å². The van der Waals surface area contributed by atoms with Gasteiger partial charge < -0.3 is 4.57 Å². The summed E-state index contributed by atoms with van der Waals surface area (Å²) in [6.07, 6.45) is 3.52. The molecule has 3 aromatic rings. The van der Waals surface area contributed by atoms with Crippen LogP contribution >= 0.6 is 0 Å². The molecule has 0 aliphatic rings. The van der Waals surface area contributed by atoms with Crippen molar-refractivity contribution < 1.29 is 9.72 Å². The average molecular weight is 308 g/mol. The molecule has 2 aromatic carbocycles. The van der Waals surface area contributed by atoms with Gasteiger partial charge in [0, 0.05) is 35.8 Å². The van der Waals surface area contributed by atoms with Gasteiger partial charge in [-0.25, -0.2) is 0 Å². The number of carbonyl (C=O) groups is 1. The molecule has 0 saturated carbocycles. The number of aryl methyl sites for hydroxylation is 1. The molecule has 0 saturated heterocycles. The van der Waals surface area contributed by atoms with Crippen molar-refractivity contribution in [3.63, 3.8) is 0 Å². The molecule has 23 heavy (non-hydrogen) atoms. The fourth-order valence-corrected chi connectivity index (χ4v) is 2.93. The number of fused-ring (bicyclic) bond motifs is 1. The van der Waals surface area contributed by atoms with Crippen molar-refractivity contribution in [3.8, 4) is 0 Å². The van der Waals surface area contributed by atoms with E-state index in [-0.39, 0.29) is 5.69 Å². The number of non-ortho nitro benzene ring substituents is 1. The Morgan fingerprint density at radius 3 is 2.70 bits per heavy atom. The highest BCUT2D eigenvalue weighted by Crippen LogP contribution is 2.26.